The van der Waals surface area contributed by atoms with Gasteiger partial charge in [0.2, 0.25) is 10.0 Å². The summed E-state index contributed by atoms with van der Waals surface area (Å²) in [5, 5.41) is 1.84. The summed E-state index contributed by atoms with van der Waals surface area (Å²) < 4.78 is 32.3. The van der Waals surface area contributed by atoms with Gasteiger partial charge in [-0.05, 0) is 36.8 Å². The molecule has 7 nitrogen and oxygen atoms in total. The van der Waals surface area contributed by atoms with Crippen molar-refractivity contribution in [3.05, 3.63) is 54.1 Å². The largest absolute Gasteiger partial charge is 0.452 e. The first-order valence-electron chi connectivity index (χ1n) is 9.36. The Kier molecular flexibility index (Phi) is 6.34. The van der Waals surface area contributed by atoms with E-state index in [1.807, 2.05) is 24.3 Å². The number of amides is 1. The molecule has 154 valence electrons. The third kappa shape index (κ3) is 5.02. The molecule has 1 saturated heterocycles. The van der Waals surface area contributed by atoms with Gasteiger partial charge in [-0.15, -0.1) is 0 Å². The van der Waals surface area contributed by atoms with Crippen LogP contribution in [0.2, 0.25) is 0 Å². The van der Waals surface area contributed by atoms with Gasteiger partial charge in [-0.1, -0.05) is 35.9 Å². The van der Waals surface area contributed by atoms with Crippen molar-refractivity contribution in [1.82, 2.24) is 9.21 Å². The Balaban J connectivity index is 1.61. The monoisotopic (exact) mass is 416 g/mol. The molecule has 1 amide bonds. The number of ether oxygens (including phenoxy) is 1. The summed E-state index contributed by atoms with van der Waals surface area (Å²) in [5.74, 6) is -0.890. The number of carbonyl (C=O) groups excluding carboxylic acids is 2. The molecular formula is C21H24N2O5S. The summed E-state index contributed by atoms with van der Waals surface area (Å²) in [6.45, 7) is 4.08. The number of fused-ring (bicyclic) bond motifs is 1. The van der Waals surface area contributed by atoms with Gasteiger partial charge >= 0.3 is 5.97 Å². The highest BCUT2D eigenvalue weighted by atomic mass is 32.2. The molecule has 29 heavy (non-hydrogen) atoms. The summed E-state index contributed by atoms with van der Waals surface area (Å²) in [6.07, 6.45) is 1.32. The second-order valence-corrected chi connectivity index (χ2v) is 9.06. The highest BCUT2D eigenvalue weighted by Gasteiger charge is 2.30. The van der Waals surface area contributed by atoms with E-state index < -0.39 is 16.0 Å². The first-order chi connectivity index (χ1) is 13.8. The molecule has 1 fully saturated rings. The fourth-order valence-corrected chi connectivity index (χ4v) is 4.61. The number of carbonyl (C=O) groups is 2. The van der Waals surface area contributed by atoms with Gasteiger partial charge in [0.1, 0.15) is 0 Å². The van der Waals surface area contributed by atoms with Crippen molar-refractivity contribution >= 4 is 32.7 Å². The molecule has 1 aliphatic heterocycles. The van der Waals surface area contributed by atoms with E-state index in [2.05, 4.69) is 0 Å². The minimum absolute atomic E-state index is 0.197. The molecule has 2 aromatic rings. The fraction of sp³-hybridized carbons (Fsp3) is 0.333. The van der Waals surface area contributed by atoms with Gasteiger partial charge in [-0.3, -0.25) is 4.79 Å². The van der Waals surface area contributed by atoms with Crippen LogP contribution in [0.15, 0.2) is 59.0 Å². The van der Waals surface area contributed by atoms with Crippen LogP contribution in [0.4, 0.5) is 0 Å². The Morgan fingerprint density at radius 1 is 1.00 bits per heavy atom. The molecule has 0 saturated carbocycles. The maximum Gasteiger partial charge on any atom is 0.331 e. The average molecular weight is 416 g/mol. The highest BCUT2D eigenvalue weighted by Crippen LogP contribution is 2.22. The maximum absolute atomic E-state index is 13.0. The third-order valence-electron chi connectivity index (χ3n) is 4.69. The van der Waals surface area contributed by atoms with E-state index in [1.165, 1.54) is 15.3 Å². The van der Waals surface area contributed by atoms with Crippen molar-refractivity contribution in [2.45, 2.75) is 18.7 Å². The van der Waals surface area contributed by atoms with Crippen LogP contribution in [0.3, 0.4) is 0 Å². The molecule has 1 aliphatic rings. The minimum atomic E-state index is -3.64. The highest BCUT2D eigenvalue weighted by molar-refractivity contribution is 7.89. The van der Waals surface area contributed by atoms with Crippen molar-refractivity contribution in [1.29, 1.82) is 0 Å². The summed E-state index contributed by atoms with van der Waals surface area (Å²) in [5.41, 5.74) is 0.787. The number of esters is 1. The lowest BCUT2D eigenvalue weighted by Gasteiger charge is -2.33. The van der Waals surface area contributed by atoms with Crippen LogP contribution in [0.5, 0.6) is 0 Å². The molecule has 0 aliphatic carbocycles. The first kappa shape index (κ1) is 21.0. The number of nitrogens with zero attached hydrogens (tertiary/aromatic N) is 2. The van der Waals surface area contributed by atoms with E-state index in [9.17, 15) is 18.0 Å². The standard InChI is InChI=1S/C21H24N2O5S/c1-16(2)13-21(25)28-15-20(24)22-9-11-23(12-10-22)29(26,27)19-8-7-17-5-3-4-6-18(17)14-19/h3-8,13-14H,9-12,15H2,1-2H3. The summed E-state index contributed by atoms with van der Waals surface area (Å²) >= 11 is 0. The van der Waals surface area contributed by atoms with Gasteiger partial charge in [-0.25, -0.2) is 13.2 Å². The quantitative estimate of drug-likeness (QED) is 0.551. The number of allylic oxidation sites excluding steroid dienone is 1. The lowest BCUT2D eigenvalue weighted by molar-refractivity contribution is -0.148. The fourth-order valence-electron chi connectivity index (χ4n) is 3.16. The molecule has 0 aromatic heterocycles. The molecule has 0 unspecified atom stereocenters. The van der Waals surface area contributed by atoms with Gasteiger partial charge in [-0.2, -0.15) is 4.31 Å². The molecule has 3 rings (SSSR count). The zero-order chi connectivity index (χ0) is 21.0. The molecule has 0 N–H and O–H groups in total. The van der Waals surface area contributed by atoms with Crippen LogP contribution in [-0.4, -0.2) is 62.3 Å². The van der Waals surface area contributed by atoms with Gasteiger partial charge in [0.05, 0.1) is 4.90 Å². The SMILES string of the molecule is CC(C)=CC(=O)OCC(=O)N1CCN(S(=O)(=O)c2ccc3ccccc3c2)CC1. The lowest BCUT2D eigenvalue weighted by atomic mass is 10.1. The summed E-state index contributed by atoms with van der Waals surface area (Å²) in [6, 6.07) is 12.7. The Bertz CT molecular complexity index is 1050. The normalized spacial score (nSPS) is 15.2. The van der Waals surface area contributed by atoms with Crippen LogP contribution in [-0.2, 0) is 24.3 Å². The molecule has 1 heterocycles. The van der Waals surface area contributed by atoms with Gasteiger partial charge in [0.25, 0.3) is 5.91 Å². The Morgan fingerprint density at radius 2 is 1.66 bits per heavy atom. The molecule has 8 heteroatoms. The molecular weight excluding hydrogens is 392 g/mol. The number of hydrogen-bond donors (Lipinski definition) is 0. The smallest absolute Gasteiger partial charge is 0.331 e. The van der Waals surface area contributed by atoms with Gasteiger partial charge in [0.15, 0.2) is 6.61 Å². The molecule has 0 radical (unpaired) electrons. The molecule has 0 atom stereocenters. The minimum Gasteiger partial charge on any atom is -0.452 e. The van der Waals surface area contributed by atoms with Crippen molar-refractivity contribution in [3.8, 4) is 0 Å². The predicted molar refractivity (Wildman–Crippen MR) is 110 cm³/mol. The van der Waals surface area contributed by atoms with Gasteiger partial charge in [0, 0.05) is 32.3 Å². The molecule has 2 aromatic carbocycles. The summed E-state index contributed by atoms with van der Waals surface area (Å²) in [7, 11) is -3.64. The number of piperazine rings is 1. The van der Waals surface area contributed by atoms with E-state index >= 15 is 0 Å². The zero-order valence-electron chi connectivity index (χ0n) is 16.5. The maximum atomic E-state index is 13.0. The van der Waals surface area contributed by atoms with Crippen LogP contribution in [0.1, 0.15) is 13.8 Å². The molecule has 0 spiro atoms. The molecule has 0 bridgehead atoms. The van der Waals surface area contributed by atoms with Crippen LogP contribution in [0, 0.1) is 0 Å². The number of benzene rings is 2. The van der Waals surface area contributed by atoms with E-state index in [0.717, 1.165) is 16.3 Å². The Hall–Kier alpha value is -2.71. The van der Waals surface area contributed by atoms with E-state index in [4.69, 9.17) is 4.74 Å². The lowest BCUT2D eigenvalue weighted by Crippen LogP contribution is -2.51. The zero-order valence-corrected chi connectivity index (χ0v) is 17.3. The Morgan fingerprint density at radius 3 is 2.31 bits per heavy atom. The number of rotatable bonds is 5. The average Bonchev–Trinajstić information content (AvgIpc) is 2.71. The van der Waals surface area contributed by atoms with Crippen molar-refractivity contribution in [3.63, 3.8) is 0 Å². The van der Waals surface area contributed by atoms with Gasteiger partial charge < -0.3 is 9.64 Å². The second-order valence-electron chi connectivity index (χ2n) is 7.12. The van der Waals surface area contributed by atoms with Crippen LogP contribution >= 0.6 is 0 Å². The van der Waals surface area contributed by atoms with Crippen molar-refractivity contribution in [2.24, 2.45) is 0 Å². The Labute approximate surface area is 170 Å². The van der Waals surface area contributed by atoms with E-state index in [1.54, 1.807) is 32.0 Å². The van der Waals surface area contributed by atoms with Crippen molar-refractivity contribution < 1.29 is 22.7 Å². The summed E-state index contributed by atoms with van der Waals surface area (Å²) in [4.78, 5) is 25.5. The number of hydrogen-bond acceptors (Lipinski definition) is 5. The van der Waals surface area contributed by atoms with E-state index in [-0.39, 0.29) is 43.6 Å². The van der Waals surface area contributed by atoms with Crippen molar-refractivity contribution in [2.75, 3.05) is 32.8 Å². The predicted octanol–water partition coefficient (Wildman–Crippen LogP) is 2.18. The number of sulfonamides is 1. The van der Waals surface area contributed by atoms with E-state index in [0.29, 0.717) is 0 Å². The second kappa shape index (κ2) is 8.75. The van der Waals surface area contributed by atoms with Crippen LogP contribution < -0.4 is 0 Å². The van der Waals surface area contributed by atoms with Crippen LogP contribution in [0.25, 0.3) is 10.8 Å². The topological polar surface area (TPSA) is 84.0 Å². The third-order valence-corrected chi connectivity index (χ3v) is 6.59. The first-order valence-corrected chi connectivity index (χ1v) is 10.8.